The van der Waals surface area contributed by atoms with E-state index in [4.69, 9.17) is 0 Å². The van der Waals surface area contributed by atoms with E-state index in [0.29, 0.717) is 6.04 Å². The molecule has 0 spiro atoms. The third-order valence-corrected chi connectivity index (χ3v) is 5.12. The largest absolute Gasteiger partial charge is 0.346 e. The minimum absolute atomic E-state index is 0.441. The van der Waals surface area contributed by atoms with Crippen LogP contribution in [0.1, 0.15) is 24.4 Å². The molecule has 0 amide bonds. The molecule has 1 saturated heterocycles. The highest BCUT2D eigenvalue weighted by molar-refractivity contribution is 6.00. The van der Waals surface area contributed by atoms with Gasteiger partial charge in [0.2, 0.25) is 0 Å². The van der Waals surface area contributed by atoms with Crippen molar-refractivity contribution in [3.8, 4) is 0 Å². The first kappa shape index (κ1) is 14.6. The van der Waals surface area contributed by atoms with Gasteiger partial charge in [-0.25, -0.2) is 9.97 Å². The van der Waals surface area contributed by atoms with Crippen molar-refractivity contribution in [3.63, 3.8) is 0 Å². The Kier molecular flexibility index (Phi) is 3.48. The number of piperidine rings is 1. The molecule has 1 fully saturated rings. The normalized spacial score (nSPS) is 19.0. The predicted octanol–water partition coefficient (Wildman–Crippen LogP) is 3.14. The van der Waals surface area contributed by atoms with E-state index in [1.807, 2.05) is 37.2 Å². The Bertz CT molecular complexity index is 1000. The Morgan fingerprint density at radius 2 is 2.20 bits per heavy atom. The molecule has 0 unspecified atom stereocenters. The quantitative estimate of drug-likeness (QED) is 0.626. The van der Waals surface area contributed by atoms with Gasteiger partial charge in [-0.15, -0.1) is 0 Å². The van der Waals surface area contributed by atoms with Crippen molar-refractivity contribution in [1.29, 1.82) is 0 Å². The van der Waals surface area contributed by atoms with Crippen LogP contribution in [0.4, 0.5) is 0 Å². The van der Waals surface area contributed by atoms with E-state index in [1.54, 1.807) is 0 Å². The second-order valence-corrected chi connectivity index (χ2v) is 6.78. The summed E-state index contributed by atoms with van der Waals surface area (Å²) in [7, 11) is 0. The molecule has 0 saturated carbocycles. The summed E-state index contributed by atoms with van der Waals surface area (Å²) in [6.45, 7) is 3.13. The van der Waals surface area contributed by atoms with Crippen molar-refractivity contribution in [2.75, 3.05) is 13.1 Å². The highest BCUT2D eigenvalue weighted by Crippen LogP contribution is 2.29. The summed E-state index contributed by atoms with van der Waals surface area (Å²) in [5.41, 5.74) is 4.36. The molecule has 0 aliphatic carbocycles. The zero-order chi connectivity index (χ0) is 16.6. The van der Waals surface area contributed by atoms with Crippen LogP contribution in [-0.2, 0) is 6.54 Å². The zero-order valence-corrected chi connectivity index (χ0v) is 14.0. The maximum absolute atomic E-state index is 4.59. The zero-order valence-electron chi connectivity index (χ0n) is 14.0. The fraction of sp³-hybridized carbons (Fsp3) is 0.316. The molecule has 126 valence electrons. The third kappa shape index (κ3) is 2.59. The van der Waals surface area contributed by atoms with E-state index in [-0.39, 0.29) is 0 Å². The summed E-state index contributed by atoms with van der Waals surface area (Å²) in [6.07, 6.45) is 12.0. The summed E-state index contributed by atoms with van der Waals surface area (Å²) in [4.78, 5) is 19.0. The van der Waals surface area contributed by atoms with Crippen molar-refractivity contribution < 1.29 is 0 Å². The number of nitrogens with one attached hydrogen (secondary N) is 1. The fourth-order valence-electron chi connectivity index (χ4n) is 3.96. The highest BCUT2D eigenvalue weighted by Gasteiger charge is 2.23. The molecule has 6 nitrogen and oxygen atoms in total. The number of hydrogen-bond donors (Lipinski definition) is 1. The van der Waals surface area contributed by atoms with E-state index in [0.717, 1.165) is 36.2 Å². The second-order valence-electron chi connectivity index (χ2n) is 6.78. The Hall–Kier alpha value is -2.73. The number of aromatic amines is 1. The molecule has 1 aliphatic rings. The Morgan fingerprint density at radius 1 is 1.20 bits per heavy atom. The maximum atomic E-state index is 4.59. The Labute approximate surface area is 145 Å². The van der Waals surface area contributed by atoms with Crippen molar-refractivity contribution in [1.82, 2.24) is 29.4 Å². The van der Waals surface area contributed by atoms with Crippen LogP contribution in [0.15, 0.2) is 49.3 Å². The molecule has 1 aliphatic heterocycles. The van der Waals surface area contributed by atoms with Crippen LogP contribution in [0.3, 0.4) is 0 Å². The fourth-order valence-corrected chi connectivity index (χ4v) is 3.96. The molecule has 0 bridgehead atoms. The number of nitrogens with zero attached hydrogens (tertiary/aromatic N) is 5. The number of H-pyrrole nitrogens is 1. The molecule has 0 radical (unpaired) electrons. The first-order chi connectivity index (χ1) is 12.4. The number of pyridine rings is 2. The maximum Gasteiger partial charge on any atom is 0.139 e. The van der Waals surface area contributed by atoms with E-state index in [2.05, 4.69) is 41.5 Å². The smallest absolute Gasteiger partial charge is 0.139 e. The number of rotatable bonds is 3. The molecule has 5 rings (SSSR count). The number of imidazole rings is 1. The lowest BCUT2D eigenvalue weighted by Gasteiger charge is -2.33. The van der Waals surface area contributed by atoms with Gasteiger partial charge in [0.05, 0.1) is 18.0 Å². The van der Waals surface area contributed by atoms with Crippen LogP contribution in [0.5, 0.6) is 0 Å². The first-order valence-electron chi connectivity index (χ1n) is 8.78. The minimum Gasteiger partial charge on any atom is -0.346 e. The van der Waals surface area contributed by atoms with Gasteiger partial charge in [-0.05, 0) is 37.1 Å². The summed E-state index contributed by atoms with van der Waals surface area (Å²) in [5.74, 6) is 0. The summed E-state index contributed by atoms with van der Waals surface area (Å²) in [6, 6.07) is 6.70. The van der Waals surface area contributed by atoms with Gasteiger partial charge in [0, 0.05) is 43.1 Å². The molecule has 0 aromatic carbocycles. The number of hydrogen-bond acceptors (Lipinski definition) is 4. The van der Waals surface area contributed by atoms with Crippen LogP contribution in [0, 0.1) is 0 Å². The lowest BCUT2D eigenvalue weighted by atomic mass is 10.0. The van der Waals surface area contributed by atoms with Crippen LogP contribution in [0.25, 0.3) is 22.1 Å². The summed E-state index contributed by atoms with van der Waals surface area (Å²) in [5, 5.41) is 1.15. The van der Waals surface area contributed by atoms with E-state index >= 15 is 0 Å². The lowest BCUT2D eigenvalue weighted by molar-refractivity contribution is 0.172. The van der Waals surface area contributed by atoms with Crippen molar-refractivity contribution in [2.45, 2.75) is 25.4 Å². The molecular weight excluding hydrogens is 312 g/mol. The average molecular weight is 332 g/mol. The highest BCUT2D eigenvalue weighted by atomic mass is 15.2. The van der Waals surface area contributed by atoms with Gasteiger partial charge in [-0.2, -0.15) is 0 Å². The number of likely N-dealkylation sites (tertiary alicyclic amines) is 1. The van der Waals surface area contributed by atoms with Crippen LogP contribution in [0.2, 0.25) is 0 Å². The van der Waals surface area contributed by atoms with Crippen molar-refractivity contribution >= 4 is 22.1 Å². The first-order valence-corrected chi connectivity index (χ1v) is 8.78. The third-order valence-electron chi connectivity index (χ3n) is 5.12. The predicted molar refractivity (Wildman–Crippen MR) is 97.2 cm³/mol. The van der Waals surface area contributed by atoms with Gasteiger partial charge in [-0.1, -0.05) is 6.07 Å². The molecule has 6 heteroatoms. The number of fused-ring (bicyclic) bond motifs is 3. The van der Waals surface area contributed by atoms with Gasteiger partial charge in [-0.3, -0.25) is 9.88 Å². The van der Waals surface area contributed by atoms with E-state index in [1.165, 1.54) is 23.9 Å². The second kappa shape index (κ2) is 5.97. The minimum atomic E-state index is 0.441. The van der Waals surface area contributed by atoms with Crippen LogP contribution >= 0.6 is 0 Å². The topological polar surface area (TPSA) is 62.6 Å². The molecule has 25 heavy (non-hydrogen) atoms. The molecule has 5 heterocycles. The van der Waals surface area contributed by atoms with Gasteiger partial charge < -0.3 is 9.55 Å². The van der Waals surface area contributed by atoms with Crippen LogP contribution < -0.4 is 0 Å². The SMILES string of the molecule is c1cncc(CN2CCC[C@@H](n3cnc4cnc5[nH]ccc5c43)C2)c1. The monoisotopic (exact) mass is 332 g/mol. The van der Waals surface area contributed by atoms with Gasteiger partial charge in [0.25, 0.3) is 0 Å². The Balaban J connectivity index is 1.46. The van der Waals surface area contributed by atoms with Crippen molar-refractivity contribution in [2.24, 2.45) is 0 Å². The molecular formula is C19H20N6. The lowest BCUT2D eigenvalue weighted by Crippen LogP contribution is -2.36. The standard InChI is InChI=1S/C19H20N6/c1-3-14(9-20-6-1)11-24-8-2-4-15(12-24)25-13-23-17-10-22-19-16(18(17)25)5-7-21-19/h1,3,5-7,9-10,13,15H,2,4,8,11-12H2,(H,21,22)/t15-/m1/s1. The molecule has 4 aromatic rings. The van der Waals surface area contributed by atoms with E-state index < -0.39 is 0 Å². The summed E-state index contributed by atoms with van der Waals surface area (Å²) >= 11 is 0. The molecule has 4 aromatic heterocycles. The Morgan fingerprint density at radius 3 is 3.12 bits per heavy atom. The van der Waals surface area contributed by atoms with Gasteiger partial charge in [0.15, 0.2) is 0 Å². The molecule has 1 atom stereocenters. The average Bonchev–Trinajstić information content (AvgIpc) is 3.29. The summed E-state index contributed by atoms with van der Waals surface area (Å²) < 4.78 is 2.35. The van der Waals surface area contributed by atoms with Gasteiger partial charge in [0.1, 0.15) is 11.2 Å². The van der Waals surface area contributed by atoms with E-state index in [9.17, 15) is 0 Å². The van der Waals surface area contributed by atoms with Crippen LogP contribution in [-0.4, -0.2) is 42.5 Å². The number of aromatic nitrogens is 5. The molecule has 1 N–H and O–H groups in total. The van der Waals surface area contributed by atoms with Crippen molar-refractivity contribution in [3.05, 3.63) is 54.9 Å². The van der Waals surface area contributed by atoms with Gasteiger partial charge >= 0.3 is 0 Å².